The summed E-state index contributed by atoms with van der Waals surface area (Å²) in [5, 5.41) is 0. The smallest absolute Gasteiger partial charge is 0 e. The van der Waals surface area contributed by atoms with Gasteiger partial charge in [-0.25, -0.2) is 0 Å². The Morgan fingerprint density at radius 2 is 0.889 bits per heavy atom. The molecule has 7 heteroatoms. The van der Waals surface area contributed by atoms with E-state index in [0.717, 1.165) is 0 Å². The molecule has 0 bridgehead atoms. The van der Waals surface area contributed by atoms with Crippen molar-refractivity contribution in [1.29, 1.82) is 0 Å². The van der Waals surface area contributed by atoms with Gasteiger partial charge >= 0.3 is 0 Å². The van der Waals surface area contributed by atoms with Gasteiger partial charge in [0, 0.05) is 229 Å². The average Bonchev–Trinajstić information content (AvgIpc) is 1.57. The molecule has 0 aromatic heterocycles. The number of hydrogen-bond donors (Lipinski definition) is 0. The zero-order valence-electron chi connectivity index (χ0n) is 13.3. The molecule has 0 unspecified atom stereocenters. The van der Waals surface area contributed by atoms with Crippen LogP contribution in [-0.4, -0.2) is 0 Å². The second-order valence-corrected chi connectivity index (χ2v) is 4.52. The van der Waals surface area contributed by atoms with Crippen LogP contribution in [0.1, 0.15) is 54.9 Å². The summed E-state index contributed by atoms with van der Waals surface area (Å²) in [5.41, 5.74) is 0.485. The molecule has 0 aromatic carbocycles. The Bertz CT molecular complexity index is 82.0. The van der Waals surface area contributed by atoms with Crippen LogP contribution in [0.15, 0.2) is 0 Å². The van der Waals surface area contributed by atoms with Gasteiger partial charge in [-0.05, 0) is 0 Å². The third-order valence-corrected chi connectivity index (χ3v) is 0.884. The molecule has 0 rings (SSSR count). The summed E-state index contributed by atoms with van der Waals surface area (Å²) >= 11 is 0. The molecule has 0 aliphatic rings. The van der Waals surface area contributed by atoms with Crippen molar-refractivity contribution in [2.45, 2.75) is 54.9 Å². The summed E-state index contributed by atoms with van der Waals surface area (Å²) in [5.74, 6) is 1.53. The standard InChI is InChI=1S/C8H17.C3H7.7Y/c1-7(2)6-8(3,4)5;1-3-2;;;;;;;/h6H2,1-5H3;3H,1-2H3;;;;;;;/q2*-1;;;;;;;. The third-order valence-electron chi connectivity index (χ3n) is 0.884. The third kappa shape index (κ3) is 75.7. The van der Waals surface area contributed by atoms with Crippen molar-refractivity contribution in [3.05, 3.63) is 12.3 Å². The Morgan fingerprint density at radius 1 is 0.722 bits per heavy atom. The second kappa shape index (κ2) is 39.7. The molecule has 0 amide bonds. The molecular weight excluding hydrogens is 754 g/mol. The van der Waals surface area contributed by atoms with E-state index in [1.807, 2.05) is 20.3 Å². The summed E-state index contributed by atoms with van der Waals surface area (Å²) < 4.78 is 0. The van der Waals surface area contributed by atoms with Gasteiger partial charge in [-0.3, -0.25) is 0 Å². The van der Waals surface area contributed by atoms with Gasteiger partial charge in [0.25, 0.3) is 0 Å². The van der Waals surface area contributed by atoms with Gasteiger partial charge in [-0.1, -0.05) is 26.2 Å². The predicted octanol–water partition coefficient (Wildman–Crippen LogP) is 4.25. The van der Waals surface area contributed by atoms with E-state index in [1.54, 1.807) is 0 Å². The fourth-order valence-corrected chi connectivity index (χ4v) is 1.06. The van der Waals surface area contributed by atoms with Crippen LogP contribution in [-0.2, 0) is 229 Å². The van der Waals surface area contributed by atoms with Crippen LogP contribution in [0.2, 0.25) is 0 Å². The zero-order valence-corrected chi connectivity index (χ0v) is 33.2. The van der Waals surface area contributed by atoms with Gasteiger partial charge in [0.15, 0.2) is 0 Å². The molecule has 7 radical (unpaired) electrons. The summed E-state index contributed by atoms with van der Waals surface area (Å²) in [6, 6.07) is 0. The van der Waals surface area contributed by atoms with E-state index in [1.165, 1.54) is 12.3 Å². The van der Waals surface area contributed by atoms with Gasteiger partial charge in [0.1, 0.15) is 0 Å². The molecule has 0 fully saturated rings. The first-order chi connectivity index (χ1) is 4.83. The van der Waals surface area contributed by atoms with Crippen LogP contribution < -0.4 is 0 Å². The fourth-order valence-electron chi connectivity index (χ4n) is 1.06. The van der Waals surface area contributed by atoms with Gasteiger partial charge in [0.2, 0.25) is 0 Å². The van der Waals surface area contributed by atoms with Crippen molar-refractivity contribution in [3.8, 4) is 0 Å². The van der Waals surface area contributed by atoms with Crippen molar-refractivity contribution in [1.82, 2.24) is 0 Å². The van der Waals surface area contributed by atoms with Crippen LogP contribution in [0.4, 0.5) is 0 Å². The quantitative estimate of drug-likeness (QED) is 0.350. The molecule has 91 valence electrons. The first-order valence-corrected chi connectivity index (χ1v) is 4.36. The van der Waals surface area contributed by atoms with Crippen LogP contribution in [0, 0.1) is 17.8 Å². The Morgan fingerprint density at radius 3 is 0.889 bits per heavy atom. The minimum absolute atomic E-state index is 0. The number of hydrogen-bond acceptors (Lipinski definition) is 0. The molecule has 0 aromatic rings. The normalized spacial score (nSPS) is 6.67. The maximum atomic E-state index is 2.26. The predicted molar refractivity (Wildman–Crippen MR) is 54.3 cm³/mol. The Kier molecular flexibility index (Phi) is 124. The average molecular weight is 779 g/mol. The van der Waals surface area contributed by atoms with Crippen LogP contribution in [0.5, 0.6) is 0 Å². The van der Waals surface area contributed by atoms with E-state index >= 15 is 0 Å². The van der Waals surface area contributed by atoms with Crippen LogP contribution in [0.25, 0.3) is 0 Å². The van der Waals surface area contributed by atoms with Crippen molar-refractivity contribution in [3.63, 3.8) is 0 Å². The zero-order chi connectivity index (χ0) is 9.49. The molecule has 0 aliphatic heterocycles. The summed E-state index contributed by atoms with van der Waals surface area (Å²) in [4.78, 5) is 0. The van der Waals surface area contributed by atoms with Gasteiger partial charge < -0.3 is 12.3 Å². The SMILES string of the molecule is C[C-](C)CC(C)(C)C.C[CH-]C.[Y].[Y].[Y].[Y].[Y].[Y].[Y]. The minimum atomic E-state index is 0. The molecule has 0 saturated heterocycles. The van der Waals surface area contributed by atoms with Gasteiger partial charge in [0.05, 0.1) is 0 Å². The first kappa shape index (κ1) is 56.2. The molecule has 0 aliphatic carbocycles. The Balaban J connectivity index is -0.0000000107. The summed E-state index contributed by atoms with van der Waals surface area (Å²) in [6.45, 7) is 15.2. The maximum absolute atomic E-state index is 2.26. The molecule has 0 saturated carbocycles. The van der Waals surface area contributed by atoms with Crippen molar-refractivity contribution < 1.29 is 229 Å². The van der Waals surface area contributed by atoms with E-state index in [9.17, 15) is 0 Å². The topological polar surface area (TPSA) is 0 Å². The largest absolute Gasteiger partial charge is 0.335 e. The van der Waals surface area contributed by atoms with Crippen molar-refractivity contribution >= 4 is 0 Å². The second-order valence-electron chi connectivity index (χ2n) is 4.52. The number of rotatable bonds is 1. The molecule has 0 heterocycles. The molecule has 18 heavy (non-hydrogen) atoms. The van der Waals surface area contributed by atoms with E-state index in [-0.39, 0.29) is 229 Å². The van der Waals surface area contributed by atoms with E-state index in [4.69, 9.17) is 0 Å². The maximum Gasteiger partial charge on any atom is 0 e. The fraction of sp³-hybridized carbons (Fsp3) is 0.818. The van der Waals surface area contributed by atoms with Gasteiger partial charge in [-0.15, -0.1) is 0 Å². The first-order valence-electron chi connectivity index (χ1n) is 4.36. The minimum Gasteiger partial charge on any atom is -0.335 e. The van der Waals surface area contributed by atoms with E-state index in [2.05, 4.69) is 34.6 Å². The molecular formula is C11H24Y7-2. The van der Waals surface area contributed by atoms with Gasteiger partial charge in [-0.2, -0.15) is 34.1 Å². The molecule has 0 nitrogen and oxygen atoms in total. The molecule has 0 N–H and O–H groups in total. The summed E-state index contributed by atoms with van der Waals surface area (Å²) in [6.07, 6.45) is 3.24. The van der Waals surface area contributed by atoms with Crippen molar-refractivity contribution in [2.75, 3.05) is 0 Å². The Hall–Kier alpha value is 7.73. The van der Waals surface area contributed by atoms with E-state index < -0.39 is 0 Å². The summed E-state index contributed by atoms with van der Waals surface area (Å²) in [7, 11) is 0. The van der Waals surface area contributed by atoms with Crippen LogP contribution >= 0.6 is 0 Å². The monoisotopic (exact) mass is 779 g/mol. The van der Waals surface area contributed by atoms with Crippen molar-refractivity contribution in [2.24, 2.45) is 5.41 Å². The van der Waals surface area contributed by atoms with E-state index in [0.29, 0.717) is 5.41 Å². The van der Waals surface area contributed by atoms with Crippen LogP contribution in [0.3, 0.4) is 0 Å². The Labute approximate surface area is 293 Å². The molecule has 0 spiro atoms. The molecule has 0 atom stereocenters.